The van der Waals surface area contributed by atoms with E-state index in [0.717, 1.165) is 48.0 Å². The topological polar surface area (TPSA) is 66.3 Å². The van der Waals surface area contributed by atoms with Crippen LogP contribution >= 0.6 is 0 Å². The molecule has 144 valence electrons. The number of likely N-dealkylation sites (tertiary alicyclic amines) is 1. The van der Waals surface area contributed by atoms with Crippen LogP contribution in [0.1, 0.15) is 42.6 Å². The predicted octanol–water partition coefficient (Wildman–Crippen LogP) is 4.08. The number of hydrogen-bond acceptors (Lipinski definition) is 4. The molecule has 2 unspecified atom stereocenters. The van der Waals surface area contributed by atoms with E-state index in [1.165, 1.54) is 5.56 Å². The van der Waals surface area contributed by atoms with E-state index in [2.05, 4.69) is 41.1 Å². The molecule has 3 heterocycles. The second-order valence-corrected chi connectivity index (χ2v) is 7.48. The summed E-state index contributed by atoms with van der Waals surface area (Å²) < 4.78 is 0. The fraction of sp³-hybridized carbons (Fsp3) is 0.348. The Kier molecular flexibility index (Phi) is 5.35. The smallest absolute Gasteiger partial charge is 0.307 e. The molecule has 1 fully saturated rings. The van der Waals surface area contributed by atoms with Gasteiger partial charge in [-0.05, 0) is 55.1 Å². The van der Waals surface area contributed by atoms with Crippen LogP contribution in [-0.4, -0.2) is 39.0 Å². The monoisotopic (exact) mass is 375 g/mol. The zero-order chi connectivity index (χ0) is 19.5. The van der Waals surface area contributed by atoms with Gasteiger partial charge in [-0.15, -0.1) is 0 Å². The van der Waals surface area contributed by atoms with Gasteiger partial charge in [0, 0.05) is 24.3 Å². The van der Waals surface area contributed by atoms with Crippen molar-refractivity contribution in [3.8, 4) is 0 Å². The average molecular weight is 375 g/mol. The normalized spacial score (nSPS) is 18.8. The molecule has 5 nitrogen and oxygen atoms in total. The highest BCUT2D eigenvalue weighted by molar-refractivity contribution is 5.79. The molecule has 1 saturated heterocycles. The molecule has 2 aromatic heterocycles. The van der Waals surface area contributed by atoms with Crippen LogP contribution in [0.5, 0.6) is 0 Å². The molecular formula is C23H25N3O2. The van der Waals surface area contributed by atoms with Crippen LogP contribution < -0.4 is 0 Å². The lowest BCUT2D eigenvalue weighted by atomic mass is 9.93. The first kappa shape index (κ1) is 18.6. The van der Waals surface area contributed by atoms with Gasteiger partial charge < -0.3 is 5.11 Å². The van der Waals surface area contributed by atoms with E-state index in [1.54, 1.807) is 0 Å². The third kappa shape index (κ3) is 3.76. The van der Waals surface area contributed by atoms with Crippen LogP contribution in [0.25, 0.3) is 10.9 Å². The largest absolute Gasteiger partial charge is 0.481 e. The number of piperidine rings is 1. The lowest BCUT2D eigenvalue weighted by molar-refractivity contribution is -0.143. The number of pyridine rings is 2. The van der Waals surface area contributed by atoms with Crippen molar-refractivity contribution in [3.05, 3.63) is 71.7 Å². The van der Waals surface area contributed by atoms with Crippen molar-refractivity contribution < 1.29 is 9.90 Å². The lowest BCUT2D eigenvalue weighted by Crippen LogP contribution is -2.41. The first-order valence-corrected chi connectivity index (χ1v) is 9.92. The number of carboxylic acid groups (broad SMARTS) is 1. The highest BCUT2D eigenvalue weighted by Crippen LogP contribution is 2.32. The van der Waals surface area contributed by atoms with Crippen LogP contribution in [0.4, 0.5) is 0 Å². The molecule has 1 aliphatic rings. The summed E-state index contributed by atoms with van der Waals surface area (Å²) in [6, 6.07) is 14.3. The van der Waals surface area contributed by atoms with Crippen LogP contribution in [-0.2, 0) is 11.2 Å². The highest BCUT2D eigenvalue weighted by atomic mass is 16.4. The Balaban J connectivity index is 1.76. The molecule has 0 saturated carbocycles. The van der Waals surface area contributed by atoms with Crippen molar-refractivity contribution >= 4 is 16.9 Å². The van der Waals surface area contributed by atoms with Gasteiger partial charge in [0.05, 0.1) is 23.2 Å². The van der Waals surface area contributed by atoms with Gasteiger partial charge in [0.15, 0.2) is 0 Å². The van der Waals surface area contributed by atoms with E-state index in [0.29, 0.717) is 6.54 Å². The number of fused-ring (bicyclic) bond motifs is 1. The number of nitrogens with zero attached hydrogens (tertiary/aromatic N) is 3. The molecule has 0 radical (unpaired) electrons. The zero-order valence-corrected chi connectivity index (χ0v) is 16.1. The van der Waals surface area contributed by atoms with Crippen LogP contribution in [0, 0.1) is 5.92 Å². The Bertz CT molecular complexity index is 971. The van der Waals surface area contributed by atoms with E-state index in [-0.39, 0.29) is 12.0 Å². The molecule has 1 aliphatic heterocycles. The summed E-state index contributed by atoms with van der Waals surface area (Å²) in [5.41, 5.74) is 4.16. The summed E-state index contributed by atoms with van der Waals surface area (Å²) in [4.78, 5) is 23.2. The van der Waals surface area contributed by atoms with Gasteiger partial charge in [0.1, 0.15) is 0 Å². The van der Waals surface area contributed by atoms with Crippen molar-refractivity contribution in [1.29, 1.82) is 0 Å². The van der Waals surface area contributed by atoms with Gasteiger partial charge in [-0.2, -0.15) is 0 Å². The molecule has 2 atom stereocenters. The third-order valence-corrected chi connectivity index (χ3v) is 5.63. The van der Waals surface area contributed by atoms with Crippen molar-refractivity contribution in [2.75, 3.05) is 13.1 Å². The summed E-state index contributed by atoms with van der Waals surface area (Å²) in [5, 5.41) is 10.6. The molecule has 0 amide bonds. The van der Waals surface area contributed by atoms with Crippen molar-refractivity contribution in [3.63, 3.8) is 0 Å². The van der Waals surface area contributed by atoms with E-state index < -0.39 is 5.97 Å². The molecule has 0 aliphatic carbocycles. The molecule has 3 aromatic rings. The van der Waals surface area contributed by atoms with Gasteiger partial charge in [-0.1, -0.05) is 31.2 Å². The maximum Gasteiger partial charge on any atom is 0.307 e. The highest BCUT2D eigenvalue weighted by Gasteiger charge is 2.32. The number of benzene rings is 1. The molecule has 1 N–H and O–H groups in total. The van der Waals surface area contributed by atoms with Gasteiger partial charge >= 0.3 is 5.97 Å². The Morgan fingerprint density at radius 3 is 2.82 bits per heavy atom. The minimum absolute atomic E-state index is 0.0924. The second kappa shape index (κ2) is 8.07. The van der Waals surface area contributed by atoms with Crippen LogP contribution in [0.3, 0.4) is 0 Å². The van der Waals surface area contributed by atoms with E-state index in [1.807, 2.05) is 30.6 Å². The standard InChI is InChI=1S/C23H25N3O2/c1-2-16-9-10-21(24-13-16)22(26-11-5-7-18(15-26)23(27)28)19-12-17-6-3-4-8-20(17)25-14-19/h3-4,6,8-10,12-14,18,22H,2,5,7,11,15H2,1H3,(H,27,28). The molecule has 1 aromatic carbocycles. The van der Waals surface area contributed by atoms with E-state index in [9.17, 15) is 9.90 Å². The number of hydrogen-bond donors (Lipinski definition) is 1. The Hall–Kier alpha value is -2.79. The SMILES string of the molecule is CCc1ccc(C(c2cnc3ccccc3c2)N2CCCC(C(=O)O)C2)nc1. The van der Waals surface area contributed by atoms with E-state index >= 15 is 0 Å². The summed E-state index contributed by atoms with van der Waals surface area (Å²) in [5.74, 6) is -1.05. The third-order valence-electron chi connectivity index (χ3n) is 5.63. The second-order valence-electron chi connectivity index (χ2n) is 7.48. The number of carboxylic acids is 1. The summed E-state index contributed by atoms with van der Waals surface area (Å²) in [6.45, 7) is 3.51. The number of aromatic nitrogens is 2. The first-order chi connectivity index (χ1) is 13.7. The van der Waals surface area contributed by atoms with Gasteiger partial charge in [0.25, 0.3) is 0 Å². The summed E-state index contributed by atoms with van der Waals surface area (Å²) >= 11 is 0. The van der Waals surface area contributed by atoms with Crippen molar-refractivity contribution in [1.82, 2.24) is 14.9 Å². The lowest BCUT2D eigenvalue weighted by Gasteiger charge is -2.37. The van der Waals surface area contributed by atoms with Crippen LogP contribution in [0.2, 0.25) is 0 Å². The summed E-state index contributed by atoms with van der Waals surface area (Å²) in [6.07, 6.45) is 6.39. The predicted molar refractivity (Wildman–Crippen MR) is 109 cm³/mol. The number of aryl methyl sites for hydroxylation is 1. The minimum Gasteiger partial charge on any atom is -0.481 e. The van der Waals surface area contributed by atoms with Crippen LogP contribution in [0.15, 0.2) is 54.9 Å². The Morgan fingerprint density at radius 1 is 1.21 bits per heavy atom. The molecule has 28 heavy (non-hydrogen) atoms. The fourth-order valence-electron chi connectivity index (χ4n) is 4.06. The van der Waals surface area contributed by atoms with Gasteiger partial charge in [-0.25, -0.2) is 0 Å². The molecule has 4 rings (SSSR count). The maximum absolute atomic E-state index is 11.6. The molecule has 5 heteroatoms. The zero-order valence-electron chi connectivity index (χ0n) is 16.1. The number of aliphatic carboxylic acids is 1. The number of carbonyl (C=O) groups is 1. The first-order valence-electron chi connectivity index (χ1n) is 9.92. The molecule has 0 spiro atoms. The average Bonchev–Trinajstić information content (AvgIpc) is 2.74. The Labute approximate surface area is 165 Å². The maximum atomic E-state index is 11.6. The van der Waals surface area contributed by atoms with Gasteiger partial charge in [0.2, 0.25) is 0 Å². The Morgan fingerprint density at radius 2 is 2.07 bits per heavy atom. The number of rotatable bonds is 5. The molecular weight excluding hydrogens is 350 g/mol. The van der Waals surface area contributed by atoms with Crippen molar-refractivity contribution in [2.45, 2.75) is 32.2 Å². The fourth-order valence-corrected chi connectivity index (χ4v) is 4.06. The summed E-state index contributed by atoms with van der Waals surface area (Å²) in [7, 11) is 0. The quantitative estimate of drug-likeness (QED) is 0.728. The van der Waals surface area contributed by atoms with Crippen molar-refractivity contribution in [2.24, 2.45) is 5.92 Å². The molecule has 0 bridgehead atoms. The minimum atomic E-state index is -0.714. The number of para-hydroxylation sites is 1. The van der Waals surface area contributed by atoms with E-state index in [4.69, 9.17) is 4.98 Å². The van der Waals surface area contributed by atoms with Gasteiger partial charge in [-0.3, -0.25) is 19.7 Å².